The number of aromatic nitrogens is 1. The van der Waals surface area contributed by atoms with Crippen LogP contribution in [0.4, 0.5) is 4.79 Å². The van der Waals surface area contributed by atoms with Gasteiger partial charge in [0.05, 0.1) is 12.8 Å². The standard InChI is InChI=1S/C14H15BN2O3/c1-10-7-11-3-4-12(9-17(11)13(18)8-10)20-6-2-5-16-14(15)19/h3-4,7-9H,2,5-6H2,1H3,(H,16,19). The molecule has 0 fully saturated rings. The van der Waals surface area contributed by atoms with E-state index in [2.05, 4.69) is 5.32 Å². The molecule has 0 unspecified atom stereocenters. The summed E-state index contributed by atoms with van der Waals surface area (Å²) in [4.78, 5) is 22.3. The number of rotatable bonds is 5. The molecule has 0 aliphatic rings. The summed E-state index contributed by atoms with van der Waals surface area (Å²) >= 11 is 0. The van der Waals surface area contributed by atoms with Crippen LogP contribution in [0.2, 0.25) is 0 Å². The maximum absolute atomic E-state index is 11.8. The Balaban J connectivity index is 2.01. The third kappa shape index (κ3) is 3.63. The highest BCUT2D eigenvalue weighted by Crippen LogP contribution is 2.12. The molecule has 0 spiro atoms. The molecule has 0 saturated carbocycles. The first-order valence-electron chi connectivity index (χ1n) is 6.35. The minimum Gasteiger partial charge on any atom is -0.492 e. The lowest BCUT2D eigenvalue weighted by Crippen LogP contribution is -2.23. The van der Waals surface area contributed by atoms with E-state index in [1.807, 2.05) is 25.1 Å². The van der Waals surface area contributed by atoms with Gasteiger partial charge in [0, 0.05) is 18.1 Å². The smallest absolute Gasteiger partial charge is 0.255 e. The zero-order valence-corrected chi connectivity index (χ0v) is 11.3. The summed E-state index contributed by atoms with van der Waals surface area (Å²) in [6.07, 6.45) is 2.31. The quantitative estimate of drug-likeness (QED) is 0.657. The van der Waals surface area contributed by atoms with Crippen LogP contribution in [-0.2, 0) is 0 Å². The minimum absolute atomic E-state index is 0.0826. The molecule has 5 nitrogen and oxygen atoms in total. The molecule has 0 saturated heterocycles. The van der Waals surface area contributed by atoms with Crippen molar-refractivity contribution < 1.29 is 9.53 Å². The number of pyridine rings is 2. The van der Waals surface area contributed by atoms with Gasteiger partial charge in [-0.15, -0.1) is 0 Å². The number of fused-ring (bicyclic) bond motifs is 1. The SMILES string of the molecule is [B]C(=O)NCCCOc1ccc2cc(C)cc(=O)n2c1. The highest BCUT2D eigenvalue weighted by molar-refractivity contribution is 6.57. The zero-order chi connectivity index (χ0) is 14.5. The number of aryl methyl sites for hydroxylation is 1. The summed E-state index contributed by atoms with van der Waals surface area (Å²) in [6.45, 7) is 2.78. The van der Waals surface area contributed by atoms with Gasteiger partial charge in [0.15, 0.2) is 13.7 Å². The lowest BCUT2D eigenvalue weighted by Gasteiger charge is -2.08. The highest BCUT2D eigenvalue weighted by atomic mass is 16.5. The summed E-state index contributed by atoms with van der Waals surface area (Å²) in [7, 11) is 4.95. The van der Waals surface area contributed by atoms with Crippen molar-refractivity contribution in [2.45, 2.75) is 13.3 Å². The second kappa shape index (κ2) is 6.28. The van der Waals surface area contributed by atoms with Crippen molar-refractivity contribution in [1.82, 2.24) is 9.72 Å². The Bertz CT molecular complexity index is 682. The van der Waals surface area contributed by atoms with E-state index in [9.17, 15) is 9.59 Å². The number of amides is 1. The van der Waals surface area contributed by atoms with Gasteiger partial charge in [-0.3, -0.25) is 14.0 Å². The maximum Gasteiger partial charge on any atom is 0.255 e. The lowest BCUT2D eigenvalue weighted by molar-refractivity contribution is 0.257. The van der Waals surface area contributed by atoms with Gasteiger partial charge in [-0.2, -0.15) is 0 Å². The van der Waals surface area contributed by atoms with E-state index in [1.165, 1.54) is 0 Å². The van der Waals surface area contributed by atoms with Gasteiger partial charge in [-0.25, -0.2) is 0 Å². The second-order valence-corrected chi connectivity index (χ2v) is 4.52. The molecule has 6 heteroatoms. The Morgan fingerprint density at radius 3 is 2.95 bits per heavy atom. The summed E-state index contributed by atoms with van der Waals surface area (Å²) < 4.78 is 7.07. The van der Waals surface area contributed by atoms with Crippen LogP contribution in [0, 0.1) is 6.92 Å². The van der Waals surface area contributed by atoms with Gasteiger partial charge in [0.1, 0.15) is 5.75 Å². The molecule has 0 atom stereocenters. The number of carbonyl (C=O) groups excluding carboxylic acids is 1. The largest absolute Gasteiger partial charge is 0.492 e. The fourth-order valence-corrected chi connectivity index (χ4v) is 1.90. The first-order chi connectivity index (χ1) is 9.56. The summed E-state index contributed by atoms with van der Waals surface area (Å²) in [5.41, 5.74) is 1.68. The van der Waals surface area contributed by atoms with Crippen molar-refractivity contribution in [3.05, 3.63) is 46.4 Å². The van der Waals surface area contributed by atoms with E-state index in [1.54, 1.807) is 16.7 Å². The Morgan fingerprint density at radius 1 is 1.40 bits per heavy atom. The van der Waals surface area contributed by atoms with Crippen molar-refractivity contribution >= 4 is 19.2 Å². The van der Waals surface area contributed by atoms with Crippen LogP contribution in [0.25, 0.3) is 5.52 Å². The second-order valence-electron chi connectivity index (χ2n) is 4.52. The van der Waals surface area contributed by atoms with E-state index in [0.29, 0.717) is 25.3 Å². The number of ether oxygens (including phenoxy) is 1. The van der Waals surface area contributed by atoms with Gasteiger partial charge in [-0.1, -0.05) is 0 Å². The zero-order valence-electron chi connectivity index (χ0n) is 11.3. The van der Waals surface area contributed by atoms with Crippen molar-refractivity contribution in [3.63, 3.8) is 0 Å². The van der Waals surface area contributed by atoms with Gasteiger partial charge < -0.3 is 10.1 Å². The number of hydrogen-bond acceptors (Lipinski definition) is 3. The first-order valence-corrected chi connectivity index (χ1v) is 6.35. The molecule has 2 heterocycles. The molecule has 2 aromatic rings. The molecule has 2 radical (unpaired) electrons. The summed E-state index contributed by atoms with van der Waals surface area (Å²) in [5.74, 6) is 0.0696. The highest BCUT2D eigenvalue weighted by Gasteiger charge is 2.00. The number of nitrogens with one attached hydrogen (secondary N) is 1. The van der Waals surface area contributed by atoms with Crippen LogP contribution < -0.4 is 15.6 Å². The lowest BCUT2D eigenvalue weighted by atomic mass is 10.1. The van der Waals surface area contributed by atoms with E-state index >= 15 is 0 Å². The molecule has 0 bridgehead atoms. The molecule has 0 aromatic carbocycles. The van der Waals surface area contributed by atoms with E-state index < -0.39 is 5.81 Å². The van der Waals surface area contributed by atoms with Crippen LogP contribution in [0.1, 0.15) is 12.0 Å². The monoisotopic (exact) mass is 270 g/mol. The Hall–Kier alpha value is -2.24. The van der Waals surface area contributed by atoms with Crippen molar-refractivity contribution in [2.75, 3.05) is 13.2 Å². The molecule has 1 amide bonds. The minimum atomic E-state index is -0.544. The van der Waals surface area contributed by atoms with Crippen LogP contribution >= 0.6 is 0 Å². The predicted octanol–water partition coefficient (Wildman–Crippen LogP) is 1.25. The normalized spacial score (nSPS) is 10.4. The topological polar surface area (TPSA) is 59.8 Å². The molecule has 20 heavy (non-hydrogen) atoms. The van der Waals surface area contributed by atoms with Crippen LogP contribution in [0.5, 0.6) is 5.75 Å². The Morgan fingerprint density at radius 2 is 2.20 bits per heavy atom. The van der Waals surface area contributed by atoms with Crippen molar-refractivity contribution in [2.24, 2.45) is 0 Å². The average Bonchev–Trinajstić information content (AvgIpc) is 2.38. The van der Waals surface area contributed by atoms with Gasteiger partial charge in [0.2, 0.25) is 0 Å². The number of hydrogen-bond donors (Lipinski definition) is 1. The Labute approximate surface area is 118 Å². The van der Waals surface area contributed by atoms with Crippen LogP contribution in [-0.4, -0.2) is 31.2 Å². The summed E-state index contributed by atoms with van der Waals surface area (Å²) in [6, 6.07) is 7.16. The summed E-state index contributed by atoms with van der Waals surface area (Å²) in [5, 5.41) is 2.48. The van der Waals surface area contributed by atoms with Gasteiger partial charge >= 0.3 is 0 Å². The van der Waals surface area contributed by atoms with Crippen molar-refractivity contribution in [1.29, 1.82) is 0 Å². The van der Waals surface area contributed by atoms with Crippen LogP contribution in [0.15, 0.2) is 35.3 Å². The third-order valence-corrected chi connectivity index (χ3v) is 2.81. The molecule has 2 rings (SSSR count). The molecule has 0 aliphatic carbocycles. The van der Waals surface area contributed by atoms with Crippen molar-refractivity contribution in [3.8, 4) is 5.75 Å². The Kier molecular flexibility index (Phi) is 4.45. The molecule has 0 aliphatic heterocycles. The van der Waals surface area contributed by atoms with Gasteiger partial charge in [0.25, 0.3) is 5.56 Å². The molecular weight excluding hydrogens is 255 g/mol. The van der Waals surface area contributed by atoms with E-state index in [4.69, 9.17) is 12.6 Å². The first kappa shape index (κ1) is 14.2. The van der Waals surface area contributed by atoms with E-state index in [0.717, 1.165) is 11.1 Å². The van der Waals surface area contributed by atoms with Gasteiger partial charge in [-0.05, 0) is 37.1 Å². The van der Waals surface area contributed by atoms with E-state index in [-0.39, 0.29) is 5.56 Å². The fourth-order valence-electron chi connectivity index (χ4n) is 1.90. The average molecular weight is 270 g/mol. The molecular formula is C14H15BN2O3. The number of nitrogens with zero attached hydrogens (tertiary/aromatic N) is 1. The molecule has 2 aromatic heterocycles. The predicted molar refractivity (Wildman–Crippen MR) is 77.7 cm³/mol. The maximum atomic E-state index is 11.8. The number of carbonyl (C=O) groups is 1. The molecule has 1 N–H and O–H groups in total. The fraction of sp³-hybridized carbons (Fsp3) is 0.286. The third-order valence-electron chi connectivity index (χ3n) is 2.81. The molecule has 102 valence electrons. The van der Waals surface area contributed by atoms with Crippen LogP contribution in [0.3, 0.4) is 0 Å².